The Morgan fingerprint density at radius 2 is 1.78 bits per heavy atom. The highest BCUT2D eigenvalue weighted by Gasteiger charge is 2.37. The van der Waals surface area contributed by atoms with Crippen molar-refractivity contribution in [3.63, 3.8) is 0 Å². The lowest BCUT2D eigenvalue weighted by molar-refractivity contribution is -0.383. The average molecular weight is 431 g/mol. The van der Waals surface area contributed by atoms with E-state index < -0.39 is 10.8 Å². The van der Waals surface area contributed by atoms with E-state index in [4.69, 9.17) is 4.74 Å². The highest BCUT2D eigenvalue weighted by molar-refractivity contribution is 6.21. The van der Waals surface area contributed by atoms with E-state index in [2.05, 4.69) is 5.32 Å². The fraction of sp³-hybridized carbons (Fsp3) is 0.167. The molecular weight excluding hydrogens is 410 g/mol. The summed E-state index contributed by atoms with van der Waals surface area (Å²) in [5.74, 6) is -0.467. The molecule has 0 saturated carbocycles. The quantitative estimate of drug-likeness (QED) is 0.327. The number of carbonyl (C=O) groups is 2. The predicted molar refractivity (Wildman–Crippen MR) is 120 cm³/mol. The second-order valence-corrected chi connectivity index (χ2v) is 7.55. The Bertz CT molecular complexity index is 1160. The van der Waals surface area contributed by atoms with Gasteiger partial charge in [0.1, 0.15) is 18.0 Å². The fourth-order valence-electron chi connectivity index (χ4n) is 3.50. The predicted octanol–water partition coefficient (Wildman–Crippen LogP) is 4.82. The zero-order chi connectivity index (χ0) is 22.7. The van der Waals surface area contributed by atoms with Crippen LogP contribution in [-0.4, -0.2) is 16.7 Å². The van der Waals surface area contributed by atoms with Crippen LogP contribution in [0.3, 0.4) is 0 Å². The van der Waals surface area contributed by atoms with E-state index in [1.807, 2.05) is 30.3 Å². The van der Waals surface area contributed by atoms with E-state index in [9.17, 15) is 19.7 Å². The van der Waals surface area contributed by atoms with Gasteiger partial charge in [0.25, 0.3) is 5.69 Å². The molecule has 0 radical (unpaired) electrons. The van der Waals surface area contributed by atoms with Crippen molar-refractivity contribution in [2.45, 2.75) is 20.0 Å². The molecule has 8 heteroatoms. The number of ether oxygens (including phenoxy) is 1. The number of nitro benzene ring substituents is 1. The molecule has 1 heterocycles. The summed E-state index contributed by atoms with van der Waals surface area (Å²) in [6.07, 6.45) is 0.103. The summed E-state index contributed by atoms with van der Waals surface area (Å²) in [6.45, 7) is 2.10. The highest BCUT2D eigenvalue weighted by atomic mass is 16.6. The second kappa shape index (κ2) is 8.89. The number of imide groups is 1. The lowest BCUT2D eigenvalue weighted by atomic mass is 10.1. The Kier molecular flexibility index (Phi) is 5.85. The third-order valence-corrected chi connectivity index (χ3v) is 5.19. The van der Waals surface area contributed by atoms with Crippen molar-refractivity contribution in [3.05, 3.63) is 88.5 Å². The van der Waals surface area contributed by atoms with E-state index in [0.29, 0.717) is 18.0 Å². The summed E-state index contributed by atoms with van der Waals surface area (Å²) >= 11 is 0. The minimum Gasteiger partial charge on any atom is -0.489 e. The van der Waals surface area contributed by atoms with Gasteiger partial charge in [0, 0.05) is 24.1 Å². The van der Waals surface area contributed by atoms with Crippen molar-refractivity contribution in [2.75, 3.05) is 10.2 Å². The molecule has 3 aromatic carbocycles. The summed E-state index contributed by atoms with van der Waals surface area (Å²) in [7, 11) is 0. The van der Waals surface area contributed by atoms with Gasteiger partial charge in [-0.15, -0.1) is 0 Å². The van der Waals surface area contributed by atoms with Gasteiger partial charge in [-0.1, -0.05) is 37.3 Å². The first-order valence-electron chi connectivity index (χ1n) is 10.1. The van der Waals surface area contributed by atoms with Gasteiger partial charge in [0.2, 0.25) is 11.8 Å². The fourth-order valence-corrected chi connectivity index (χ4v) is 3.50. The van der Waals surface area contributed by atoms with Gasteiger partial charge in [0.05, 0.1) is 10.6 Å². The number of nitrogens with zero attached hydrogens (tertiary/aromatic N) is 2. The summed E-state index contributed by atoms with van der Waals surface area (Å²) in [6, 6.07) is 21.1. The maximum Gasteiger partial charge on any atom is 0.294 e. The molecule has 2 amide bonds. The minimum atomic E-state index is -0.544. The zero-order valence-electron chi connectivity index (χ0n) is 17.4. The topological polar surface area (TPSA) is 102 Å². The molecule has 0 aliphatic carbocycles. The van der Waals surface area contributed by atoms with E-state index in [1.165, 1.54) is 18.2 Å². The van der Waals surface area contributed by atoms with Crippen LogP contribution >= 0.6 is 0 Å². The molecule has 1 aliphatic heterocycles. The Labute approximate surface area is 184 Å². The van der Waals surface area contributed by atoms with Gasteiger partial charge in [-0.05, 0) is 42.0 Å². The molecule has 0 aromatic heterocycles. The molecule has 4 rings (SSSR count). The van der Waals surface area contributed by atoms with Crippen LogP contribution < -0.4 is 15.0 Å². The van der Waals surface area contributed by atoms with Crippen molar-refractivity contribution in [3.8, 4) is 5.75 Å². The molecule has 1 aliphatic rings. The maximum absolute atomic E-state index is 12.3. The number of rotatable bonds is 7. The molecule has 0 spiro atoms. The van der Waals surface area contributed by atoms with Crippen LogP contribution in [0.25, 0.3) is 0 Å². The first-order valence-corrected chi connectivity index (χ1v) is 10.1. The molecule has 1 fully saturated rings. The lowest BCUT2D eigenvalue weighted by Gasteiger charge is -2.16. The van der Waals surface area contributed by atoms with Crippen molar-refractivity contribution in [1.29, 1.82) is 0 Å². The Morgan fingerprint density at radius 3 is 2.41 bits per heavy atom. The molecule has 0 bridgehead atoms. The molecule has 162 valence electrons. The number of amides is 2. The van der Waals surface area contributed by atoms with Crippen LogP contribution in [0.5, 0.6) is 5.75 Å². The molecule has 32 heavy (non-hydrogen) atoms. The van der Waals surface area contributed by atoms with Crippen molar-refractivity contribution in [1.82, 2.24) is 0 Å². The number of nitro groups is 1. The Balaban J connectivity index is 1.49. The van der Waals surface area contributed by atoms with Gasteiger partial charge >= 0.3 is 0 Å². The average Bonchev–Trinajstić information content (AvgIpc) is 3.05. The van der Waals surface area contributed by atoms with E-state index in [0.717, 1.165) is 10.5 Å². The minimum absolute atomic E-state index is 0.103. The lowest BCUT2D eigenvalue weighted by Crippen LogP contribution is -2.30. The van der Waals surface area contributed by atoms with E-state index in [1.54, 1.807) is 31.2 Å². The number of hydrogen-bond acceptors (Lipinski definition) is 6. The van der Waals surface area contributed by atoms with Gasteiger partial charge in [-0.25, -0.2) is 0 Å². The Morgan fingerprint density at radius 1 is 1.06 bits per heavy atom. The van der Waals surface area contributed by atoms with Crippen molar-refractivity contribution < 1.29 is 19.2 Å². The van der Waals surface area contributed by atoms with Crippen LogP contribution in [-0.2, 0) is 16.2 Å². The number of nitrogens with one attached hydrogen (secondary N) is 1. The molecule has 8 nitrogen and oxygen atoms in total. The smallest absolute Gasteiger partial charge is 0.294 e. The third kappa shape index (κ3) is 4.44. The largest absolute Gasteiger partial charge is 0.489 e. The van der Waals surface area contributed by atoms with Gasteiger partial charge in [0.15, 0.2) is 0 Å². The molecule has 1 saturated heterocycles. The van der Waals surface area contributed by atoms with Gasteiger partial charge in [-0.2, -0.15) is 0 Å². The van der Waals surface area contributed by atoms with Crippen LogP contribution in [0.15, 0.2) is 72.8 Å². The first-order chi connectivity index (χ1) is 15.4. The third-order valence-electron chi connectivity index (χ3n) is 5.19. The summed E-state index contributed by atoms with van der Waals surface area (Å²) in [5, 5.41) is 14.7. The first kappa shape index (κ1) is 21.0. The zero-order valence-corrected chi connectivity index (χ0v) is 17.4. The number of carbonyl (C=O) groups excluding carboxylic acids is 2. The summed E-state index contributed by atoms with van der Waals surface area (Å²) in [5.41, 5.74) is 1.91. The molecule has 3 aromatic rings. The number of hydrogen-bond donors (Lipinski definition) is 1. The highest BCUT2D eigenvalue weighted by Crippen LogP contribution is 2.35. The van der Waals surface area contributed by atoms with Crippen molar-refractivity contribution >= 4 is 34.6 Å². The standard InChI is InChI=1S/C24H21N3O5/c1-16-13-23(28)26(24(16)29)19-9-12-21(22(14-19)27(30)31)25-18-7-10-20(11-8-18)32-15-17-5-3-2-4-6-17/h2-12,14,16,25H,13,15H2,1H3/t16-/m0/s1. The molecular formula is C24H21N3O5. The van der Waals surface area contributed by atoms with Crippen LogP contribution in [0, 0.1) is 16.0 Å². The maximum atomic E-state index is 12.3. The van der Waals surface area contributed by atoms with Gasteiger partial charge in [-0.3, -0.25) is 24.6 Å². The normalized spacial score (nSPS) is 15.7. The SMILES string of the molecule is C[C@H]1CC(=O)N(c2ccc(Nc3ccc(OCc4ccccc4)cc3)c([N+](=O)[O-])c2)C1=O. The van der Waals surface area contributed by atoms with Crippen molar-refractivity contribution in [2.24, 2.45) is 5.92 Å². The number of benzene rings is 3. The van der Waals surface area contributed by atoms with E-state index >= 15 is 0 Å². The van der Waals surface area contributed by atoms with Crippen LogP contribution in [0.2, 0.25) is 0 Å². The number of anilines is 3. The van der Waals surface area contributed by atoms with Gasteiger partial charge < -0.3 is 10.1 Å². The van der Waals surface area contributed by atoms with Crippen LogP contribution in [0.4, 0.5) is 22.7 Å². The summed E-state index contributed by atoms with van der Waals surface area (Å²) in [4.78, 5) is 36.5. The second-order valence-electron chi connectivity index (χ2n) is 7.55. The summed E-state index contributed by atoms with van der Waals surface area (Å²) < 4.78 is 5.76. The van der Waals surface area contributed by atoms with E-state index in [-0.39, 0.29) is 35.3 Å². The molecule has 1 N–H and O–H groups in total. The Hall–Kier alpha value is -4.20. The molecule has 1 atom stereocenters. The molecule has 0 unspecified atom stereocenters. The monoisotopic (exact) mass is 431 g/mol. The van der Waals surface area contributed by atoms with Crippen LogP contribution in [0.1, 0.15) is 18.9 Å².